The molecule has 0 heterocycles. The summed E-state index contributed by atoms with van der Waals surface area (Å²) in [6, 6.07) is 11.0. The quantitative estimate of drug-likeness (QED) is 0.767. The van der Waals surface area contributed by atoms with E-state index in [1.165, 1.54) is 7.69 Å². The molecule has 0 aromatic heterocycles. The van der Waals surface area contributed by atoms with Gasteiger partial charge in [0.2, 0.25) is 0 Å². The van der Waals surface area contributed by atoms with Gasteiger partial charge in [0.05, 0.1) is 10.0 Å². The van der Waals surface area contributed by atoms with Crippen LogP contribution in [0.1, 0.15) is 11.1 Å². The van der Waals surface area contributed by atoms with Crippen LogP contribution in [-0.2, 0) is 0 Å². The molecule has 0 saturated carbocycles. The predicted octanol–water partition coefficient (Wildman–Crippen LogP) is 4.60. The molecular weight excluding hydrogens is 282 g/mol. The van der Waals surface area contributed by atoms with Gasteiger partial charge in [-0.25, -0.2) is 0 Å². The Bertz CT molecular complexity index is 536. The van der Waals surface area contributed by atoms with Gasteiger partial charge in [-0.3, -0.25) is 0 Å². The van der Waals surface area contributed by atoms with E-state index in [1.54, 1.807) is 12.1 Å². The van der Waals surface area contributed by atoms with Gasteiger partial charge < -0.3 is 9.31 Å². The van der Waals surface area contributed by atoms with Crippen molar-refractivity contribution in [3.8, 4) is 11.5 Å². The van der Waals surface area contributed by atoms with Crippen LogP contribution in [0, 0.1) is 13.8 Å². The summed E-state index contributed by atoms with van der Waals surface area (Å²) in [5, 5.41) is 1.07. The summed E-state index contributed by atoms with van der Waals surface area (Å²) in [7, 11) is 1.22. The molecule has 2 aromatic rings. The van der Waals surface area contributed by atoms with Crippen molar-refractivity contribution in [3.05, 3.63) is 57.6 Å². The fourth-order valence-corrected chi connectivity index (χ4v) is 2.09. The molecule has 0 fully saturated rings. The molecule has 0 aliphatic heterocycles. The maximum absolute atomic E-state index is 6.04. The molecule has 97 valence electrons. The third kappa shape index (κ3) is 3.82. The summed E-state index contributed by atoms with van der Waals surface area (Å²) in [5.74, 6) is 1.08. The van der Waals surface area contributed by atoms with E-state index in [0.29, 0.717) is 21.5 Å². The highest BCUT2D eigenvalue weighted by Gasteiger charge is 2.08. The molecule has 0 aliphatic carbocycles. The third-order valence-electron chi connectivity index (χ3n) is 2.52. The lowest BCUT2D eigenvalue weighted by molar-refractivity contribution is 0.459. The number of rotatable bonds is 4. The molecule has 0 bridgehead atoms. The molecule has 2 nitrogen and oxygen atoms in total. The highest BCUT2D eigenvalue weighted by molar-refractivity contribution is 6.33. The van der Waals surface area contributed by atoms with Crippen LogP contribution in [0.3, 0.4) is 0 Å². The first kappa shape index (κ1) is 14.1. The zero-order valence-corrected chi connectivity index (χ0v) is 12.1. The maximum Gasteiger partial charge on any atom is 0.658 e. The van der Waals surface area contributed by atoms with Gasteiger partial charge in [-0.2, -0.15) is 0 Å². The number of benzene rings is 2. The zero-order valence-electron chi connectivity index (χ0n) is 10.6. The summed E-state index contributed by atoms with van der Waals surface area (Å²) in [6.45, 7) is 3.92. The Morgan fingerprint density at radius 1 is 0.789 bits per heavy atom. The maximum atomic E-state index is 6.04. The van der Waals surface area contributed by atoms with Gasteiger partial charge in [-0.15, -0.1) is 0 Å². The molecule has 0 saturated heterocycles. The van der Waals surface area contributed by atoms with Crippen molar-refractivity contribution in [2.75, 3.05) is 0 Å². The first-order valence-electron chi connectivity index (χ1n) is 5.73. The molecular formula is C14H12BCl2O2. The molecule has 0 amide bonds. The van der Waals surface area contributed by atoms with Crippen molar-refractivity contribution in [1.82, 2.24) is 0 Å². The van der Waals surface area contributed by atoms with Crippen molar-refractivity contribution in [2.45, 2.75) is 13.8 Å². The van der Waals surface area contributed by atoms with E-state index in [1.807, 2.05) is 38.1 Å². The molecule has 0 spiro atoms. The molecule has 0 unspecified atom stereocenters. The van der Waals surface area contributed by atoms with Gasteiger partial charge in [0.15, 0.2) is 0 Å². The Hall–Kier alpha value is -1.32. The lowest BCUT2D eigenvalue weighted by Gasteiger charge is -2.09. The van der Waals surface area contributed by atoms with E-state index < -0.39 is 0 Å². The third-order valence-corrected chi connectivity index (χ3v) is 3.12. The largest absolute Gasteiger partial charge is 0.658 e. The number of hydrogen-bond donors (Lipinski definition) is 0. The van der Waals surface area contributed by atoms with Crippen molar-refractivity contribution in [3.63, 3.8) is 0 Å². The Morgan fingerprint density at radius 2 is 1.21 bits per heavy atom. The SMILES string of the molecule is Cc1ccc(O[B]Oc2ccc(C)cc2Cl)c(Cl)c1. The minimum Gasteiger partial charge on any atom is -0.525 e. The molecule has 0 aliphatic rings. The highest BCUT2D eigenvalue weighted by Crippen LogP contribution is 2.27. The van der Waals surface area contributed by atoms with Crippen molar-refractivity contribution in [1.29, 1.82) is 0 Å². The average molecular weight is 294 g/mol. The van der Waals surface area contributed by atoms with E-state index in [4.69, 9.17) is 32.5 Å². The van der Waals surface area contributed by atoms with Crippen LogP contribution in [0.15, 0.2) is 36.4 Å². The van der Waals surface area contributed by atoms with Crippen molar-refractivity contribution in [2.24, 2.45) is 0 Å². The molecule has 2 aromatic carbocycles. The van der Waals surface area contributed by atoms with Crippen LogP contribution >= 0.6 is 23.2 Å². The number of halogens is 2. The molecule has 1 radical (unpaired) electrons. The summed E-state index contributed by atoms with van der Waals surface area (Å²) < 4.78 is 10.7. The minimum atomic E-state index is 0.537. The van der Waals surface area contributed by atoms with Crippen LogP contribution in [0.2, 0.25) is 10.0 Å². The van der Waals surface area contributed by atoms with Gasteiger partial charge in [0.1, 0.15) is 11.5 Å². The lowest BCUT2D eigenvalue weighted by Crippen LogP contribution is -2.11. The second-order valence-corrected chi connectivity index (χ2v) is 5.01. The molecule has 0 N–H and O–H groups in total. The first-order chi connectivity index (χ1) is 9.06. The monoisotopic (exact) mass is 293 g/mol. The van der Waals surface area contributed by atoms with Gasteiger partial charge in [0.25, 0.3) is 0 Å². The molecule has 5 heteroatoms. The van der Waals surface area contributed by atoms with Crippen LogP contribution in [-0.4, -0.2) is 7.69 Å². The van der Waals surface area contributed by atoms with Crippen molar-refractivity contribution >= 4 is 30.9 Å². The number of hydrogen-bond acceptors (Lipinski definition) is 2. The Labute approximate surface area is 123 Å². The van der Waals surface area contributed by atoms with E-state index in [9.17, 15) is 0 Å². The van der Waals surface area contributed by atoms with Crippen LogP contribution in [0.4, 0.5) is 0 Å². The first-order valence-corrected chi connectivity index (χ1v) is 6.49. The van der Waals surface area contributed by atoms with E-state index in [0.717, 1.165) is 11.1 Å². The fraction of sp³-hybridized carbons (Fsp3) is 0.143. The van der Waals surface area contributed by atoms with Crippen LogP contribution < -0.4 is 9.31 Å². The van der Waals surface area contributed by atoms with E-state index in [2.05, 4.69) is 0 Å². The molecule has 0 atom stereocenters. The summed E-state index contributed by atoms with van der Waals surface area (Å²) in [4.78, 5) is 0. The van der Waals surface area contributed by atoms with Crippen LogP contribution in [0.25, 0.3) is 0 Å². The molecule has 19 heavy (non-hydrogen) atoms. The van der Waals surface area contributed by atoms with Gasteiger partial charge in [-0.05, 0) is 49.2 Å². The summed E-state index contributed by atoms with van der Waals surface area (Å²) in [6.07, 6.45) is 0. The normalized spacial score (nSPS) is 10.1. The summed E-state index contributed by atoms with van der Waals surface area (Å²) >= 11 is 12.1. The topological polar surface area (TPSA) is 18.5 Å². The minimum absolute atomic E-state index is 0.537. The van der Waals surface area contributed by atoms with Gasteiger partial charge in [-0.1, -0.05) is 35.3 Å². The second kappa shape index (κ2) is 6.22. The smallest absolute Gasteiger partial charge is 0.525 e. The Balaban J connectivity index is 1.96. The van der Waals surface area contributed by atoms with E-state index in [-0.39, 0.29) is 0 Å². The Morgan fingerprint density at radius 3 is 1.58 bits per heavy atom. The predicted molar refractivity (Wildman–Crippen MR) is 79.4 cm³/mol. The fourth-order valence-electron chi connectivity index (χ4n) is 1.53. The summed E-state index contributed by atoms with van der Waals surface area (Å²) in [5.41, 5.74) is 2.14. The second-order valence-electron chi connectivity index (χ2n) is 4.20. The average Bonchev–Trinajstić information content (AvgIpc) is 2.34. The van der Waals surface area contributed by atoms with E-state index >= 15 is 0 Å². The number of aryl methyl sites for hydroxylation is 2. The zero-order chi connectivity index (χ0) is 13.8. The van der Waals surface area contributed by atoms with Gasteiger partial charge in [0, 0.05) is 0 Å². The van der Waals surface area contributed by atoms with Gasteiger partial charge >= 0.3 is 7.69 Å². The lowest BCUT2D eigenvalue weighted by atomic mass is 10.2. The Kier molecular flexibility index (Phi) is 4.62. The van der Waals surface area contributed by atoms with Crippen LogP contribution in [0.5, 0.6) is 11.5 Å². The standard InChI is InChI=1S/C14H12BCl2O2/c1-9-3-5-13(11(16)7-9)18-15-19-14-6-4-10(2)8-12(14)17/h3-8H,1-2H3. The molecule has 2 rings (SSSR count). The highest BCUT2D eigenvalue weighted by atomic mass is 35.5. The van der Waals surface area contributed by atoms with Crippen molar-refractivity contribution < 1.29 is 9.31 Å².